The fourth-order valence-electron chi connectivity index (χ4n) is 4.85. The van der Waals surface area contributed by atoms with Crippen molar-refractivity contribution in [3.8, 4) is 0 Å². The van der Waals surface area contributed by atoms with Crippen LogP contribution in [0.2, 0.25) is 0 Å². The Kier molecular flexibility index (Phi) is 5.80. The molecule has 5 rings (SSSR count). The van der Waals surface area contributed by atoms with Crippen LogP contribution >= 0.6 is 0 Å². The van der Waals surface area contributed by atoms with Crippen LogP contribution in [0, 0.1) is 11.6 Å². The second kappa shape index (κ2) is 8.68. The number of carbonyl (C=O) groups is 3. The molecule has 184 valence electrons. The molecule has 3 heterocycles. The third-order valence-electron chi connectivity index (χ3n) is 6.63. The third-order valence-corrected chi connectivity index (χ3v) is 8.56. The SMILES string of the molecule is O=C1CCC(N2Cc3c(cc(F)cc3N3CCN(S(=O)(=O)c4ccccc4F)CC3)C2=O)C(=O)N1. The van der Waals surface area contributed by atoms with E-state index in [-0.39, 0.29) is 51.1 Å². The molecule has 0 radical (unpaired) electrons. The number of nitrogens with zero attached hydrogens (tertiary/aromatic N) is 3. The van der Waals surface area contributed by atoms with E-state index in [1.54, 1.807) is 4.90 Å². The van der Waals surface area contributed by atoms with Crippen LogP contribution in [0.3, 0.4) is 0 Å². The van der Waals surface area contributed by atoms with Gasteiger partial charge in [0.15, 0.2) is 0 Å². The molecule has 0 aromatic heterocycles. The summed E-state index contributed by atoms with van der Waals surface area (Å²) in [6.45, 7) is 0.579. The average molecular weight is 505 g/mol. The van der Waals surface area contributed by atoms with Gasteiger partial charge >= 0.3 is 0 Å². The van der Waals surface area contributed by atoms with Gasteiger partial charge < -0.3 is 9.80 Å². The molecule has 12 heteroatoms. The summed E-state index contributed by atoms with van der Waals surface area (Å²) in [5.74, 6) is -2.90. The van der Waals surface area contributed by atoms with Crippen LogP contribution in [-0.4, -0.2) is 67.6 Å². The predicted octanol–water partition coefficient (Wildman–Crippen LogP) is 1.24. The van der Waals surface area contributed by atoms with Crippen LogP contribution in [0.15, 0.2) is 41.3 Å². The number of hydrogen-bond acceptors (Lipinski definition) is 6. The largest absolute Gasteiger partial charge is 0.369 e. The van der Waals surface area contributed by atoms with Gasteiger partial charge in [0, 0.05) is 56.0 Å². The first-order chi connectivity index (χ1) is 16.7. The normalized spacial score (nSPS) is 21.3. The molecule has 35 heavy (non-hydrogen) atoms. The lowest BCUT2D eigenvalue weighted by Crippen LogP contribution is -2.52. The number of carbonyl (C=O) groups excluding carboxylic acids is 3. The molecule has 0 aliphatic carbocycles. The average Bonchev–Trinajstić information content (AvgIpc) is 3.15. The van der Waals surface area contributed by atoms with Crippen molar-refractivity contribution >= 4 is 33.4 Å². The Labute approximate surface area is 200 Å². The highest BCUT2D eigenvalue weighted by atomic mass is 32.2. The Balaban J connectivity index is 1.37. The van der Waals surface area contributed by atoms with Crippen molar-refractivity contribution in [3.05, 3.63) is 59.2 Å². The first kappa shape index (κ1) is 23.4. The number of piperazine rings is 1. The van der Waals surface area contributed by atoms with E-state index in [1.807, 2.05) is 0 Å². The van der Waals surface area contributed by atoms with E-state index in [4.69, 9.17) is 0 Å². The lowest BCUT2D eigenvalue weighted by Gasteiger charge is -2.36. The van der Waals surface area contributed by atoms with Gasteiger partial charge in [-0.1, -0.05) is 12.1 Å². The van der Waals surface area contributed by atoms with E-state index in [0.717, 1.165) is 12.1 Å². The summed E-state index contributed by atoms with van der Waals surface area (Å²) in [6.07, 6.45) is 0.297. The summed E-state index contributed by atoms with van der Waals surface area (Å²) in [5.41, 5.74) is 1.14. The Bertz CT molecular complexity index is 1340. The van der Waals surface area contributed by atoms with Gasteiger partial charge in [-0.05, 0) is 30.7 Å². The van der Waals surface area contributed by atoms with E-state index in [9.17, 15) is 31.6 Å². The van der Waals surface area contributed by atoms with Crippen molar-refractivity contribution in [2.24, 2.45) is 0 Å². The second-order valence-electron chi connectivity index (χ2n) is 8.67. The number of hydrogen-bond donors (Lipinski definition) is 1. The predicted molar refractivity (Wildman–Crippen MR) is 120 cm³/mol. The highest BCUT2D eigenvalue weighted by molar-refractivity contribution is 7.89. The molecule has 0 saturated carbocycles. The number of fused-ring (bicyclic) bond motifs is 1. The fourth-order valence-corrected chi connectivity index (χ4v) is 6.34. The Morgan fingerprint density at radius 3 is 2.37 bits per heavy atom. The van der Waals surface area contributed by atoms with Gasteiger partial charge in [0.1, 0.15) is 22.6 Å². The van der Waals surface area contributed by atoms with Crippen LogP contribution in [0.1, 0.15) is 28.8 Å². The number of anilines is 1. The van der Waals surface area contributed by atoms with Crippen LogP contribution in [-0.2, 0) is 26.2 Å². The Morgan fingerprint density at radius 1 is 0.971 bits per heavy atom. The van der Waals surface area contributed by atoms with Crippen molar-refractivity contribution < 1.29 is 31.6 Å². The smallest absolute Gasteiger partial charge is 0.255 e. The van der Waals surface area contributed by atoms with Gasteiger partial charge in [-0.15, -0.1) is 0 Å². The van der Waals surface area contributed by atoms with Crippen LogP contribution in [0.25, 0.3) is 0 Å². The standard InChI is InChI=1S/C23H22F2N4O5S/c24-14-11-15-16(13-29(23(15)32)18-5-6-21(30)26-22(18)31)19(12-14)27-7-9-28(10-8-27)35(33,34)20-4-2-1-3-17(20)25/h1-4,11-12,18H,5-10,13H2,(H,26,30,31). The Morgan fingerprint density at radius 2 is 1.69 bits per heavy atom. The first-order valence-corrected chi connectivity index (χ1v) is 12.6. The minimum Gasteiger partial charge on any atom is -0.369 e. The van der Waals surface area contributed by atoms with Gasteiger partial charge in [-0.3, -0.25) is 19.7 Å². The Hall–Kier alpha value is -3.38. The summed E-state index contributed by atoms with van der Waals surface area (Å²) in [4.78, 5) is 39.6. The molecule has 2 aromatic rings. The summed E-state index contributed by atoms with van der Waals surface area (Å²) in [6, 6.07) is 6.76. The number of sulfonamides is 1. The van der Waals surface area contributed by atoms with Crippen LogP contribution in [0.4, 0.5) is 14.5 Å². The van der Waals surface area contributed by atoms with Crippen molar-refractivity contribution in [1.29, 1.82) is 0 Å². The number of imide groups is 1. The molecule has 3 aliphatic rings. The van der Waals surface area contributed by atoms with E-state index >= 15 is 0 Å². The third kappa shape index (κ3) is 4.06. The maximum atomic E-state index is 14.5. The molecule has 2 aromatic carbocycles. The molecule has 2 fully saturated rings. The minimum atomic E-state index is -4.04. The van der Waals surface area contributed by atoms with E-state index in [1.165, 1.54) is 33.5 Å². The maximum absolute atomic E-state index is 14.5. The van der Waals surface area contributed by atoms with Gasteiger partial charge in [-0.25, -0.2) is 17.2 Å². The van der Waals surface area contributed by atoms with Crippen LogP contribution < -0.4 is 10.2 Å². The van der Waals surface area contributed by atoms with E-state index < -0.39 is 50.3 Å². The minimum absolute atomic E-state index is 0.0484. The van der Waals surface area contributed by atoms with Gasteiger partial charge in [0.25, 0.3) is 5.91 Å². The quantitative estimate of drug-likeness (QED) is 0.628. The number of halogens is 2. The summed E-state index contributed by atoms with van der Waals surface area (Å²) < 4.78 is 55.6. The lowest BCUT2D eigenvalue weighted by atomic mass is 10.0. The van der Waals surface area contributed by atoms with Crippen molar-refractivity contribution in [2.45, 2.75) is 30.3 Å². The summed E-state index contributed by atoms with van der Waals surface area (Å²) in [7, 11) is -4.04. The molecule has 9 nitrogen and oxygen atoms in total. The molecule has 1 N–H and O–H groups in total. The molecular weight excluding hydrogens is 482 g/mol. The number of amides is 3. The molecule has 0 spiro atoms. The molecule has 0 bridgehead atoms. The first-order valence-electron chi connectivity index (χ1n) is 11.1. The molecule has 1 unspecified atom stereocenters. The maximum Gasteiger partial charge on any atom is 0.255 e. The monoisotopic (exact) mass is 504 g/mol. The molecule has 2 saturated heterocycles. The zero-order valence-corrected chi connectivity index (χ0v) is 19.4. The topological polar surface area (TPSA) is 107 Å². The number of piperidine rings is 1. The molecule has 1 atom stereocenters. The second-order valence-corrected chi connectivity index (χ2v) is 10.6. The number of benzene rings is 2. The summed E-state index contributed by atoms with van der Waals surface area (Å²) >= 11 is 0. The molecular formula is C23H22F2N4O5S. The summed E-state index contributed by atoms with van der Waals surface area (Å²) in [5, 5.41) is 2.23. The van der Waals surface area contributed by atoms with Crippen molar-refractivity contribution in [1.82, 2.24) is 14.5 Å². The fraction of sp³-hybridized carbons (Fsp3) is 0.348. The van der Waals surface area contributed by atoms with E-state index in [0.29, 0.717) is 11.3 Å². The highest BCUT2D eigenvalue weighted by Crippen LogP contribution is 2.36. The van der Waals surface area contributed by atoms with Gasteiger partial charge in [0.2, 0.25) is 21.8 Å². The van der Waals surface area contributed by atoms with Crippen molar-refractivity contribution in [2.75, 3.05) is 31.1 Å². The van der Waals surface area contributed by atoms with E-state index in [2.05, 4.69) is 5.32 Å². The molecule has 3 aliphatic heterocycles. The highest BCUT2D eigenvalue weighted by Gasteiger charge is 2.41. The van der Waals surface area contributed by atoms with Gasteiger partial charge in [-0.2, -0.15) is 4.31 Å². The van der Waals surface area contributed by atoms with Gasteiger partial charge in [0.05, 0.1) is 0 Å². The van der Waals surface area contributed by atoms with Crippen molar-refractivity contribution in [3.63, 3.8) is 0 Å². The number of nitrogens with one attached hydrogen (secondary N) is 1. The zero-order valence-electron chi connectivity index (χ0n) is 18.5. The molecule has 3 amide bonds. The van der Waals surface area contributed by atoms with Crippen LogP contribution in [0.5, 0.6) is 0 Å². The zero-order chi connectivity index (χ0) is 24.9. The number of rotatable bonds is 4. The lowest BCUT2D eigenvalue weighted by molar-refractivity contribution is -0.136.